The number of nitrogens with zero attached hydrogens (tertiary/aromatic N) is 1. The highest BCUT2D eigenvalue weighted by Crippen LogP contribution is 2.01. The third kappa shape index (κ3) is 11.0. The maximum Gasteiger partial charge on any atom is 0.0593 e. The van der Waals surface area contributed by atoms with Crippen LogP contribution >= 0.6 is 0 Å². The van der Waals surface area contributed by atoms with Gasteiger partial charge in [0.2, 0.25) is 0 Å². The third-order valence-electron chi connectivity index (χ3n) is 2.93. The minimum absolute atomic E-state index is 0.271. The molecular weight excluding hydrogens is 228 g/mol. The summed E-state index contributed by atoms with van der Waals surface area (Å²) in [6, 6.07) is 0.271. The van der Waals surface area contributed by atoms with Crippen molar-refractivity contribution in [3.05, 3.63) is 0 Å². The van der Waals surface area contributed by atoms with Gasteiger partial charge in [0.1, 0.15) is 0 Å². The van der Waals surface area contributed by atoms with Gasteiger partial charge in [-0.2, -0.15) is 0 Å². The van der Waals surface area contributed by atoms with Gasteiger partial charge in [-0.3, -0.25) is 4.90 Å². The van der Waals surface area contributed by atoms with Crippen LogP contribution in [0.2, 0.25) is 0 Å². The highest BCUT2D eigenvalue weighted by atomic mass is 16.5. The van der Waals surface area contributed by atoms with Crippen molar-refractivity contribution in [2.45, 2.75) is 46.1 Å². The van der Waals surface area contributed by atoms with Crippen LogP contribution in [0.25, 0.3) is 0 Å². The molecule has 4 nitrogen and oxygen atoms in total. The predicted molar refractivity (Wildman–Crippen MR) is 76.9 cm³/mol. The second-order valence-corrected chi connectivity index (χ2v) is 4.60. The average Bonchev–Trinajstić information content (AvgIpc) is 2.36. The van der Waals surface area contributed by atoms with Crippen molar-refractivity contribution in [3.63, 3.8) is 0 Å². The molecule has 0 bridgehead atoms. The molecule has 18 heavy (non-hydrogen) atoms. The Hall–Kier alpha value is -0.160. The normalized spacial score (nSPS) is 13.2. The Morgan fingerprint density at radius 3 is 2.00 bits per heavy atom. The fraction of sp³-hybridized carbons (Fsp3) is 1.00. The van der Waals surface area contributed by atoms with Crippen LogP contribution < -0.4 is 5.73 Å². The largest absolute Gasteiger partial charge is 0.380 e. The van der Waals surface area contributed by atoms with Gasteiger partial charge in [0.05, 0.1) is 13.2 Å². The maximum absolute atomic E-state index is 6.15. The molecule has 0 fully saturated rings. The Morgan fingerprint density at radius 2 is 1.56 bits per heavy atom. The van der Waals surface area contributed by atoms with Crippen molar-refractivity contribution in [1.29, 1.82) is 0 Å². The summed E-state index contributed by atoms with van der Waals surface area (Å²) in [5, 5.41) is 0. The van der Waals surface area contributed by atoms with Crippen molar-refractivity contribution in [2.75, 3.05) is 46.1 Å². The second-order valence-electron chi connectivity index (χ2n) is 4.60. The molecular formula is C14H32N2O2. The quantitative estimate of drug-likeness (QED) is 0.514. The highest BCUT2D eigenvalue weighted by Gasteiger charge is 2.10. The van der Waals surface area contributed by atoms with E-state index in [0.717, 1.165) is 52.5 Å². The van der Waals surface area contributed by atoms with Gasteiger partial charge in [-0.1, -0.05) is 19.8 Å². The van der Waals surface area contributed by atoms with E-state index in [1.165, 1.54) is 12.8 Å². The van der Waals surface area contributed by atoms with E-state index < -0.39 is 0 Å². The topological polar surface area (TPSA) is 47.7 Å². The molecule has 0 spiro atoms. The monoisotopic (exact) mass is 260 g/mol. The molecule has 0 heterocycles. The zero-order valence-corrected chi connectivity index (χ0v) is 12.5. The van der Waals surface area contributed by atoms with E-state index in [1.54, 1.807) is 0 Å². The lowest BCUT2D eigenvalue weighted by Gasteiger charge is -2.25. The standard InChI is InChI=1S/C14H32N2O2/c1-4-7-8-14(15)13-16(9-11-17-5-2)10-12-18-6-3/h14H,4-13,15H2,1-3H3. The van der Waals surface area contributed by atoms with E-state index in [1.807, 2.05) is 13.8 Å². The molecule has 0 saturated heterocycles. The summed E-state index contributed by atoms with van der Waals surface area (Å²) in [6.07, 6.45) is 3.54. The van der Waals surface area contributed by atoms with Gasteiger partial charge >= 0.3 is 0 Å². The molecule has 0 aliphatic rings. The molecule has 1 unspecified atom stereocenters. The first-order valence-electron chi connectivity index (χ1n) is 7.37. The molecule has 0 aromatic carbocycles. The summed E-state index contributed by atoms with van der Waals surface area (Å²) in [6.45, 7) is 12.2. The third-order valence-corrected chi connectivity index (χ3v) is 2.93. The van der Waals surface area contributed by atoms with Crippen LogP contribution in [0.15, 0.2) is 0 Å². The first-order valence-corrected chi connectivity index (χ1v) is 7.37. The fourth-order valence-electron chi connectivity index (χ4n) is 1.86. The zero-order chi connectivity index (χ0) is 13.6. The van der Waals surface area contributed by atoms with E-state index in [9.17, 15) is 0 Å². The van der Waals surface area contributed by atoms with E-state index in [-0.39, 0.29) is 6.04 Å². The number of rotatable bonds is 13. The molecule has 0 aromatic heterocycles. The predicted octanol–water partition coefficient (Wildman–Crippen LogP) is 1.88. The van der Waals surface area contributed by atoms with Crippen molar-refractivity contribution < 1.29 is 9.47 Å². The number of ether oxygens (including phenoxy) is 2. The molecule has 0 aliphatic carbocycles. The molecule has 2 N–H and O–H groups in total. The SMILES string of the molecule is CCCCC(N)CN(CCOCC)CCOCC. The number of nitrogens with two attached hydrogens (primary N) is 1. The second kappa shape index (κ2) is 13.3. The smallest absolute Gasteiger partial charge is 0.0593 e. The van der Waals surface area contributed by atoms with E-state index in [4.69, 9.17) is 15.2 Å². The van der Waals surface area contributed by atoms with Gasteiger partial charge in [-0.05, 0) is 20.3 Å². The Balaban J connectivity index is 3.85. The molecule has 0 rings (SSSR count). The van der Waals surface area contributed by atoms with Gasteiger partial charge in [0, 0.05) is 38.9 Å². The van der Waals surface area contributed by atoms with Gasteiger partial charge in [0.15, 0.2) is 0 Å². The molecule has 0 saturated carbocycles. The first kappa shape index (κ1) is 17.8. The van der Waals surface area contributed by atoms with Crippen LogP contribution in [0.5, 0.6) is 0 Å². The number of unbranched alkanes of at least 4 members (excludes halogenated alkanes) is 1. The van der Waals surface area contributed by atoms with Crippen LogP contribution in [0, 0.1) is 0 Å². The van der Waals surface area contributed by atoms with Crippen LogP contribution in [0.4, 0.5) is 0 Å². The summed E-state index contributed by atoms with van der Waals surface area (Å²) in [7, 11) is 0. The molecule has 0 amide bonds. The lowest BCUT2D eigenvalue weighted by Crippen LogP contribution is -2.41. The van der Waals surface area contributed by atoms with Gasteiger partial charge in [-0.25, -0.2) is 0 Å². The zero-order valence-electron chi connectivity index (χ0n) is 12.5. The lowest BCUT2D eigenvalue weighted by molar-refractivity contribution is 0.0798. The highest BCUT2D eigenvalue weighted by molar-refractivity contribution is 4.68. The van der Waals surface area contributed by atoms with Crippen molar-refractivity contribution >= 4 is 0 Å². The summed E-state index contributed by atoms with van der Waals surface area (Å²) in [5.41, 5.74) is 6.15. The van der Waals surface area contributed by atoms with Crippen LogP contribution in [0.3, 0.4) is 0 Å². The maximum atomic E-state index is 6.15. The van der Waals surface area contributed by atoms with E-state index in [2.05, 4.69) is 11.8 Å². The fourth-order valence-corrected chi connectivity index (χ4v) is 1.86. The Morgan fingerprint density at radius 1 is 1.00 bits per heavy atom. The van der Waals surface area contributed by atoms with Gasteiger partial charge < -0.3 is 15.2 Å². The summed E-state index contributed by atoms with van der Waals surface area (Å²) in [5.74, 6) is 0. The molecule has 4 heteroatoms. The molecule has 0 aliphatic heterocycles. The van der Waals surface area contributed by atoms with Crippen LogP contribution in [-0.2, 0) is 9.47 Å². The van der Waals surface area contributed by atoms with Crippen molar-refractivity contribution in [2.24, 2.45) is 5.73 Å². The minimum atomic E-state index is 0.271. The van der Waals surface area contributed by atoms with Crippen molar-refractivity contribution in [1.82, 2.24) is 4.90 Å². The summed E-state index contributed by atoms with van der Waals surface area (Å²) < 4.78 is 10.8. The van der Waals surface area contributed by atoms with E-state index >= 15 is 0 Å². The minimum Gasteiger partial charge on any atom is -0.380 e. The molecule has 110 valence electrons. The molecule has 1 atom stereocenters. The van der Waals surface area contributed by atoms with Crippen molar-refractivity contribution in [3.8, 4) is 0 Å². The Labute approximate surface area is 113 Å². The first-order chi connectivity index (χ1) is 8.74. The molecule has 0 radical (unpaired) electrons. The average molecular weight is 260 g/mol. The lowest BCUT2D eigenvalue weighted by atomic mass is 10.1. The van der Waals surface area contributed by atoms with Gasteiger partial charge in [-0.15, -0.1) is 0 Å². The summed E-state index contributed by atoms with van der Waals surface area (Å²) in [4.78, 5) is 2.35. The van der Waals surface area contributed by atoms with E-state index in [0.29, 0.717) is 0 Å². The Kier molecular flexibility index (Phi) is 13.2. The number of hydrogen-bond donors (Lipinski definition) is 1. The number of hydrogen-bond acceptors (Lipinski definition) is 4. The van der Waals surface area contributed by atoms with Crippen LogP contribution in [0.1, 0.15) is 40.0 Å². The van der Waals surface area contributed by atoms with Gasteiger partial charge in [0.25, 0.3) is 0 Å². The molecule has 0 aromatic rings. The Bertz CT molecular complexity index is 158. The summed E-state index contributed by atoms with van der Waals surface area (Å²) >= 11 is 0. The van der Waals surface area contributed by atoms with Crippen LogP contribution in [-0.4, -0.2) is 57.0 Å².